The fourth-order valence-corrected chi connectivity index (χ4v) is 9.12. The largest absolute Gasteiger partial charge is 0.508 e. The molecular weight excluding hydrogens is 759 g/mol. The second-order valence-corrected chi connectivity index (χ2v) is 16.3. The van der Waals surface area contributed by atoms with Crippen LogP contribution in [-0.4, -0.2) is 102 Å². The molecule has 3 saturated heterocycles. The van der Waals surface area contributed by atoms with E-state index >= 15 is 0 Å². The van der Waals surface area contributed by atoms with Gasteiger partial charge in [0.2, 0.25) is 11.8 Å². The summed E-state index contributed by atoms with van der Waals surface area (Å²) in [5.74, 6) is -0.0891. The molecule has 4 aliphatic heterocycles. The molecule has 4 aliphatic rings. The van der Waals surface area contributed by atoms with E-state index in [1.807, 2.05) is 42.5 Å². The zero-order valence-electron chi connectivity index (χ0n) is 34.1. The van der Waals surface area contributed by atoms with Crippen LogP contribution in [0.25, 0.3) is 11.1 Å². The second kappa shape index (κ2) is 18.1. The lowest BCUT2D eigenvalue weighted by Gasteiger charge is -2.37. The van der Waals surface area contributed by atoms with Gasteiger partial charge in [-0.2, -0.15) is 0 Å². The molecule has 0 bridgehead atoms. The van der Waals surface area contributed by atoms with E-state index < -0.39 is 23.8 Å². The molecule has 8 rings (SSSR count). The topological polar surface area (TPSA) is 152 Å². The first kappa shape index (κ1) is 40.8. The molecule has 12 heteroatoms. The lowest BCUT2D eigenvalue weighted by atomic mass is 9.88. The number of hydrogen-bond acceptors (Lipinski definition) is 10. The molecule has 0 saturated carbocycles. The van der Waals surface area contributed by atoms with E-state index in [4.69, 9.17) is 4.74 Å². The van der Waals surface area contributed by atoms with Crippen LogP contribution < -0.4 is 20.3 Å². The number of benzene rings is 4. The zero-order valence-corrected chi connectivity index (χ0v) is 34.1. The third-order valence-corrected chi connectivity index (χ3v) is 12.5. The Morgan fingerprint density at radius 3 is 2.08 bits per heavy atom. The van der Waals surface area contributed by atoms with Crippen molar-refractivity contribution in [2.24, 2.45) is 5.92 Å². The highest BCUT2D eigenvalue weighted by molar-refractivity contribution is 6.23. The number of aromatic hydroxyl groups is 2. The quantitative estimate of drug-likeness (QED) is 0.0906. The van der Waals surface area contributed by atoms with E-state index in [9.17, 15) is 29.4 Å². The highest BCUT2D eigenvalue weighted by atomic mass is 16.5. The van der Waals surface area contributed by atoms with Gasteiger partial charge in [0, 0.05) is 37.8 Å². The van der Waals surface area contributed by atoms with Gasteiger partial charge >= 0.3 is 0 Å². The van der Waals surface area contributed by atoms with Crippen LogP contribution in [0.1, 0.15) is 89.3 Å². The van der Waals surface area contributed by atoms with Crippen LogP contribution in [0.2, 0.25) is 0 Å². The minimum absolute atomic E-state index is 0.0949. The van der Waals surface area contributed by atoms with Crippen molar-refractivity contribution in [3.63, 3.8) is 0 Å². The summed E-state index contributed by atoms with van der Waals surface area (Å²) < 4.78 is 6.23. The SMILES string of the molecule is CCC(=C(c1ccc(O)cc1)c1ccc(OCCN2CCC(CN[C@H]3CCCN(c4ccc5c(c4)C(=O)N(C4CCC(=O)NC4=O)C5=O)C3)CC2)cc1)c1ccc(O)cc1. The second-order valence-electron chi connectivity index (χ2n) is 16.3. The maximum absolute atomic E-state index is 13.4. The molecular formula is C48H53N5O7. The van der Waals surface area contributed by atoms with Crippen molar-refractivity contribution in [1.82, 2.24) is 20.4 Å². The molecule has 12 nitrogen and oxygen atoms in total. The maximum atomic E-state index is 13.4. The van der Waals surface area contributed by atoms with Crippen LogP contribution in [-0.2, 0) is 9.59 Å². The molecule has 4 N–H and O–H groups in total. The number of allylic oxidation sites excluding steroid dienone is 1. The highest BCUT2D eigenvalue weighted by Crippen LogP contribution is 2.37. The Bertz CT molecular complexity index is 2250. The Kier molecular flexibility index (Phi) is 12.3. The van der Waals surface area contributed by atoms with Crippen LogP contribution in [0.15, 0.2) is 91.0 Å². The number of amides is 4. The molecule has 1 unspecified atom stereocenters. The normalized spacial score (nSPS) is 20.6. The summed E-state index contributed by atoms with van der Waals surface area (Å²) in [4.78, 5) is 56.5. The van der Waals surface area contributed by atoms with Gasteiger partial charge in [-0.25, -0.2) is 0 Å². The maximum Gasteiger partial charge on any atom is 0.262 e. The van der Waals surface area contributed by atoms with Crippen LogP contribution in [0.3, 0.4) is 0 Å². The van der Waals surface area contributed by atoms with Gasteiger partial charge in [0.05, 0.1) is 11.1 Å². The zero-order chi connectivity index (χ0) is 41.8. The van der Waals surface area contributed by atoms with E-state index in [-0.39, 0.29) is 30.2 Å². The molecule has 0 aromatic heterocycles. The van der Waals surface area contributed by atoms with Gasteiger partial charge in [0.15, 0.2) is 0 Å². The number of likely N-dealkylation sites (tertiary alicyclic amines) is 1. The lowest BCUT2D eigenvalue weighted by Crippen LogP contribution is -2.54. The van der Waals surface area contributed by atoms with Crippen molar-refractivity contribution in [3.8, 4) is 17.2 Å². The van der Waals surface area contributed by atoms with Gasteiger partial charge in [-0.1, -0.05) is 43.3 Å². The summed E-state index contributed by atoms with van der Waals surface area (Å²) in [6, 6.07) is 27.5. The van der Waals surface area contributed by atoms with Gasteiger partial charge in [0.1, 0.15) is 29.9 Å². The smallest absolute Gasteiger partial charge is 0.262 e. The Labute approximate surface area is 350 Å². The Morgan fingerprint density at radius 2 is 1.42 bits per heavy atom. The summed E-state index contributed by atoms with van der Waals surface area (Å²) >= 11 is 0. The van der Waals surface area contributed by atoms with E-state index in [0.29, 0.717) is 29.7 Å². The van der Waals surface area contributed by atoms with Crippen molar-refractivity contribution in [2.45, 2.75) is 64.0 Å². The fourth-order valence-electron chi connectivity index (χ4n) is 9.12. The van der Waals surface area contributed by atoms with Crippen LogP contribution >= 0.6 is 0 Å². The minimum atomic E-state index is -0.971. The molecule has 2 atom stereocenters. The summed E-state index contributed by atoms with van der Waals surface area (Å²) in [6.45, 7) is 8.27. The first-order valence-corrected chi connectivity index (χ1v) is 21.3. The highest BCUT2D eigenvalue weighted by Gasteiger charge is 2.45. The first-order chi connectivity index (χ1) is 29.1. The molecule has 4 heterocycles. The number of nitrogens with one attached hydrogen (secondary N) is 2. The minimum Gasteiger partial charge on any atom is -0.508 e. The lowest BCUT2D eigenvalue weighted by molar-refractivity contribution is -0.136. The number of imide groups is 2. The number of nitrogens with zero attached hydrogens (tertiary/aromatic N) is 3. The van der Waals surface area contributed by atoms with Gasteiger partial charge in [-0.3, -0.25) is 34.3 Å². The van der Waals surface area contributed by atoms with Crippen molar-refractivity contribution >= 4 is 40.5 Å². The van der Waals surface area contributed by atoms with Crippen LogP contribution in [0.4, 0.5) is 5.69 Å². The third kappa shape index (κ3) is 8.95. The number of anilines is 1. The average Bonchev–Trinajstić information content (AvgIpc) is 3.51. The molecule has 4 amide bonds. The third-order valence-electron chi connectivity index (χ3n) is 12.5. The number of carbonyl (C=O) groups excluding carboxylic acids is 4. The average molecular weight is 812 g/mol. The van der Waals surface area contributed by atoms with E-state index in [0.717, 1.165) is 116 Å². The number of phenols is 2. The van der Waals surface area contributed by atoms with E-state index in [2.05, 4.69) is 39.5 Å². The summed E-state index contributed by atoms with van der Waals surface area (Å²) in [5.41, 5.74) is 6.81. The molecule has 0 spiro atoms. The monoisotopic (exact) mass is 811 g/mol. The summed E-state index contributed by atoms with van der Waals surface area (Å²) in [6.07, 6.45) is 5.35. The number of fused-ring (bicyclic) bond motifs is 1. The van der Waals surface area contributed by atoms with E-state index in [1.165, 1.54) is 0 Å². The van der Waals surface area contributed by atoms with Crippen molar-refractivity contribution in [2.75, 3.05) is 50.8 Å². The molecule has 0 radical (unpaired) electrons. The number of ether oxygens (including phenoxy) is 1. The van der Waals surface area contributed by atoms with Gasteiger partial charge in [-0.05, 0) is 147 Å². The standard InChI is InChI=1S/C48H53N5O7/c1-2-40(32-5-12-37(54)13-6-32)45(33-7-14-38(55)15-8-33)34-9-16-39(17-10-34)60-27-26-51-24-21-31(22-25-51)29-49-35-4-3-23-52(30-35)36-11-18-41-42(28-36)48(59)53(47(41)58)43-19-20-44(56)50-46(43)57/h5-18,28,31,35,43,49,54-55H,2-4,19-27,29-30H2,1H3,(H,50,56,57)/t35-,43?/m0/s1. The molecule has 0 aliphatic carbocycles. The molecule has 312 valence electrons. The van der Waals surface area contributed by atoms with Crippen LogP contribution in [0.5, 0.6) is 17.2 Å². The number of rotatable bonds is 13. The van der Waals surface area contributed by atoms with Gasteiger partial charge in [-0.15, -0.1) is 0 Å². The Hall–Kier alpha value is -5.98. The molecule has 4 aromatic rings. The Morgan fingerprint density at radius 1 is 0.767 bits per heavy atom. The Balaban J connectivity index is 0.797. The van der Waals surface area contributed by atoms with Crippen LogP contribution in [0, 0.1) is 5.92 Å². The van der Waals surface area contributed by atoms with Crippen molar-refractivity contribution in [1.29, 1.82) is 0 Å². The molecule has 4 aromatic carbocycles. The fraction of sp³-hybridized carbons (Fsp3) is 0.375. The number of carbonyl (C=O) groups is 4. The predicted molar refractivity (Wildman–Crippen MR) is 230 cm³/mol. The van der Waals surface area contributed by atoms with Crippen molar-refractivity contribution < 1.29 is 34.1 Å². The van der Waals surface area contributed by atoms with E-state index in [1.54, 1.807) is 36.4 Å². The van der Waals surface area contributed by atoms with Gasteiger partial charge in [0.25, 0.3) is 11.8 Å². The molecule has 60 heavy (non-hydrogen) atoms. The predicted octanol–water partition coefficient (Wildman–Crippen LogP) is 6.22. The van der Waals surface area contributed by atoms with Crippen molar-refractivity contribution in [3.05, 3.63) is 119 Å². The number of piperidine rings is 3. The first-order valence-electron chi connectivity index (χ1n) is 21.3. The number of hydrogen-bond donors (Lipinski definition) is 4. The molecule has 3 fully saturated rings. The summed E-state index contributed by atoms with van der Waals surface area (Å²) in [7, 11) is 0. The van der Waals surface area contributed by atoms with Gasteiger partial charge < -0.3 is 25.2 Å². The number of phenolic OH excluding ortho intramolecular Hbond substituents is 2. The summed E-state index contributed by atoms with van der Waals surface area (Å²) in [5, 5.41) is 25.9.